The summed E-state index contributed by atoms with van der Waals surface area (Å²) in [5.41, 5.74) is 3.24. The number of carbonyl (C=O) groups excluding carboxylic acids is 1. The molecule has 2 atom stereocenters. The molecular weight excluding hydrogens is 432 g/mol. The topological polar surface area (TPSA) is 84.2 Å². The van der Waals surface area contributed by atoms with Gasteiger partial charge in [0.15, 0.2) is 17.3 Å². The standard InChI is InChI=1S/C27H30N2O5/c1-32-22-10-9-18(16-21(22)30)17-29-13-11-27(12-14-29)20-7-4-3-6-19(20)24(25(27)33-2)28-26(31)23-8-5-15-34-23/h3-10,15-16,24-25,30H,11-14,17H2,1-2H3,(H,28,31)/t24-,25+/m1/s1. The summed E-state index contributed by atoms with van der Waals surface area (Å²) in [6.07, 6.45) is 3.16. The lowest BCUT2D eigenvalue weighted by Crippen LogP contribution is -2.50. The Morgan fingerprint density at radius 2 is 1.94 bits per heavy atom. The van der Waals surface area contributed by atoms with Gasteiger partial charge in [0.1, 0.15) is 0 Å². The highest BCUT2D eigenvalue weighted by Gasteiger charge is 2.54. The monoisotopic (exact) mass is 462 g/mol. The Bertz CT molecular complexity index is 1150. The van der Waals surface area contributed by atoms with Crippen LogP contribution in [0.1, 0.15) is 46.1 Å². The summed E-state index contributed by atoms with van der Waals surface area (Å²) in [7, 11) is 3.28. The van der Waals surface area contributed by atoms with Gasteiger partial charge in [0.2, 0.25) is 0 Å². The van der Waals surface area contributed by atoms with Crippen LogP contribution in [0.4, 0.5) is 0 Å². The number of rotatable bonds is 6. The highest BCUT2D eigenvalue weighted by molar-refractivity contribution is 5.91. The van der Waals surface area contributed by atoms with Gasteiger partial charge in [-0.05, 0) is 66.9 Å². The second kappa shape index (κ2) is 9.16. The van der Waals surface area contributed by atoms with Crippen molar-refractivity contribution >= 4 is 5.91 Å². The third-order valence-electron chi connectivity index (χ3n) is 7.36. The van der Waals surface area contributed by atoms with Crippen molar-refractivity contribution in [3.8, 4) is 11.5 Å². The maximum absolute atomic E-state index is 12.8. The molecule has 2 aromatic carbocycles. The summed E-state index contributed by atoms with van der Waals surface area (Å²) >= 11 is 0. The van der Waals surface area contributed by atoms with Crippen molar-refractivity contribution in [1.82, 2.24) is 10.2 Å². The van der Waals surface area contributed by atoms with Crippen LogP contribution in [-0.4, -0.2) is 49.3 Å². The average molecular weight is 463 g/mol. The van der Waals surface area contributed by atoms with Crippen molar-refractivity contribution in [2.24, 2.45) is 0 Å². The first-order valence-corrected chi connectivity index (χ1v) is 11.6. The van der Waals surface area contributed by atoms with Gasteiger partial charge in [-0.1, -0.05) is 30.3 Å². The van der Waals surface area contributed by atoms with Crippen LogP contribution >= 0.6 is 0 Å². The molecule has 7 nitrogen and oxygen atoms in total. The van der Waals surface area contributed by atoms with Crippen LogP contribution in [0, 0.1) is 0 Å². The Morgan fingerprint density at radius 1 is 1.15 bits per heavy atom. The molecule has 0 bridgehead atoms. The van der Waals surface area contributed by atoms with E-state index in [4.69, 9.17) is 13.9 Å². The Hall–Kier alpha value is -3.29. The van der Waals surface area contributed by atoms with Crippen LogP contribution in [0.3, 0.4) is 0 Å². The van der Waals surface area contributed by atoms with Crippen LogP contribution in [0.5, 0.6) is 11.5 Å². The second-order valence-electron chi connectivity index (χ2n) is 9.11. The number of benzene rings is 2. The summed E-state index contributed by atoms with van der Waals surface area (Å²) < 4.78 is 16.6. The molecule has 7 heteroatoms. The van der Waals surface area contributed by atoms with Crippen molar-refractivity contribution in [3.63, 3.8) is 0 Å². The smallest absolute Gasteiger partial charge is 0.287 e. The molecule has 178 valence electrons. The van der Waals surface area contributed by atoms with Crippen molar-refractivity contribution in [2.45, 2.75) is 36.9 Å². The van der Waals surface area contributed by atoms with Crippen molar-refractivity contribution in [2.75, 3.05) is 27.3 Å². The molecule has 1 aromatic heterocycles. The number of hydrogen-bond acceptors (Lipinski definition) is 6. The highest BCUT2D eigenvalue weighted by Crippen LogP contribution is 2.52. The Kier molecular flexibility index (Phi) is 6.06. The van der Waals surface area contributed by atoms with Crippen LogP contribution in [0.25, 0.3) is 0 Å². The third kappa shape index (κ3) is 3.85. The van der Waals surface area contributed by atoms with Crippen molar-refractivity contribution in [3.05, 3.63) is 83.3 Å². The second-order valence-corrected chi connectivity index (χ2v) is 9.11. The fourth-order valence-electron chi connectivity index (χ4n) is 5.75. The van der Waals surface area contributed by atoms with Gasteiger partial charge >= 0.3 is 0 Å². The maximum atomic E-state index is 12.8. The molecule has 1 spiro atoms. The molecule has 2 aliphatic rings. The predicted molar refractivity (Wildman–Crippen MR) is 127 cm³/mol. The van der Waals surface area contributed by atoms with Gasteiger partial charge < -0.3 is 24.3 Å². The summed E-state index contributed by atoms with van der Waals surface area (Å²) in [4.78, 5) is 15.2. The summed E-state index contributed by atoms with van der Waals surface area (Å²) in [6, 6.07) is 17.1. The quantitative estimate of drug-likeness (QED) is 0.576. The van der Waals surface area contributed by atoms with Gasteiger partial charge in [0.25, 0.3) is 5.91 Å². The number of amides is 1. The SMILES string of the molecule is COc1ccc(CN2CCC3(CC2)c2ccccc2[C@@H](NC(=O)c2ccco2)[C@@H]3OC)cc1O. The minimum Gasteiger partial charge on any atom is -0.504 e. The first-order chi connectivity index (χ1) is 16.6. The summed E-state index contributed by atoms with van der Waals surface area (Å²) in [5.74, 6) is 0.703. The number of piperidine rings is 1. The lowest BCUT2D eigenvalue weighted by molar-refractivity contribution is -0.0124. The third-order valence-corrected chi connectivity index (χ3v) is 7.36. The molecule has 5 rings (SSSR count). The molecule has 0 unspecified atom stereocenters. The van der Waals surface area contributed by atoms with Gasteiger partial charge in [-0.2, -0.15) is 0 Å². The number of nitrogens with one attached hydrogen (secondary N) is 1. The van der Waals surface area contributed by atoms with E-state index in [9.17, 15) is 9.90 Å². The molecule has 1 aliphatic heterocycles. The van der Waals surface area contributed by atoms with E-state index in [-0.39, 0.29) is 29.2 Å². The molecule has 1 aliphatic carbocycles. The number of furan rings is 1. The van der Waals surface area contributed by atoms with Crippen LogP contribution in [0.2, 0.25) is 0 Å². The molecule has 1 saturated heterocycles. The fraction of sp³-hybridized carbons (Fsp3) is 0.370. The molecule has 1 fully saturated rings. The van der Waals surface area contributed by atoms with Crippen LogP contribution < -0.4 is 10.1 Å². The zero-order valence-corrected chi connectivity index (χ0v) is 19.5. The van der Waals surface area contributed by atoms with Gasteiger partial charge in [0.05, 0.1) is 25.5 Å². The Labute approximate surface area is 199 Å². The first kappa shape index (κ1) is 22.5. The van der Waals surface area contributed by atoms with E-state index in [1.54, 1.807) is 38.5 Å². The predicted octanol–water partition coefficient (Wildman–Crippen LogP) is 4.03. The molecule has 2 N–H and O–H groups in total. The summed E-state index contributed by atoms with van der Waals surface area (Å²) in [5, 5.41) is 13.3. The van der Waals surface area contributed by atoms with Crippen LogP contribution in [-0.2, 0) is 16.7 Å². The van der Waals surface area contributed by atoms with Gasteiger partial charge in [0, 0.05) is 19.1 Å². The van der Waals surface area contributed by atoms with E-state index >= 15 is 0 Å². The van der Waals surface area contributed by atoms with Crippen molar-refractivity contribution in [1.29, 1.82) is 0 Å². The van der Waals surface area contributed by atoms with E-state index in [0.29, 0.717) is 11.5 Å². The lowest BCUT2D eigenvalue weighted by Gasteiger charge is -2.44. The van der Waals surface area contributed by atoms with Crippen LogP contribution in [0.15, 0.2) is 65.3 Å². The normalized spacial score (nSPS) is 21.4. The molecule has 3 aromatic rings. The van der Waals surface area contributed by atoms with Gasteiger partial charge in [-0.25, -0.2) is 0 Å². The number of phenolic OH excluding ortho intramolecular Hbond substituents is 1. The number of phenols is 1. The zero-order chi connectivity index (χ0) is 23.7. The number of hydrogen-bond donors (Lipinski definition) is 2. The molecule has 34 heavy (non-hydrogen) atoms. The largest absolute Gasteiger partial charge is 0.504 e. The number of fused-ring (bicyclic) bond motifs is 2. The summed E-state index contributed by atoms with van der Waals surface area (Å²) in [6.45, 7) is 2.53. The van der Waals surface area contributed by atoms with E-state index < -0.39 is 0 Å². The van der Waals surface area contributed by atoms with E-state index in [0.717, 1.165) is 43.6 Å². The van der Waals surface area contributed by atoms with E-state index in [2.05, 4.69) is 28.4 Å². The van der Waals surface area contributed by atoms with Gasteiger partial charge in [-0.15, -0.1) is 0 Å². The molecule has 0 saturated carbocycles. The number of aromatic hydroxyl groups is 1. The number of nitrogens with zero attached hydrogens (tertiary/aromatic N) is 1. The first-order valence-electron chi connectivity index (χ1n) is 11.6. The van der Waals surface area contributed by atoms with Crippen molar-refractivity contribution < 1.29 is 23.8 Å². The molecule has 2 heterocycles. The van der Waals surface area contributed by atoms with E-state index in [1.165, 1.54) is 11.8 Å². The average Bonchev–Trinajstić information content (AvgIpc) is 3.47. The fourth-order valence-corrected chi connectivity index (χ4v) is 5.75. The molecular formula is C27H30N2O5. The maximum Gasteiger partial charge on any atom is 0.287 e. The highest BCUT2D eigenvalue weighted by atomic mass is 16.5. The van der Waals surface area contributed by atoms with Gasteiger partial charge in [-0.3, -0.25) is 9.69 Å². The van der Waals surface area contributed by atoms with E-state index in [1.807, 2.05) is 12.1 Å². The molecule has 0 radical (unpaired) electrons. The Balaban J connectivity index is 1.35. The minimum absolute atomic E-state index is 0.160. The number of likely N-dealkylation sites (tertiary alicyclic amines) is 1. The zero-order valence-electron chi connectivity index (χ0n) is 19.5. The number of carbonyl (C=O) groups is 1. The molecule has 1 amide bonds. The minimum atomic E-state index is -0.246. The lowest BCUT2D eigenvalue weighted by atomic mass is 9.72. The Morgan fingerprint density at radius 3 is 2.62 bits per heavy atom. The number of ether oxygens (including phenoxy) is 2. The number of methoxy groups -OCH3 is 2.